The summed E-state index contributed by atoms with van der Waals surface area (Å²) in [6, 6.07) is 76.3. The summed E-state index contributed by atoms with van der Waals surface area (Å²) in [6.07, 6.45) is 4.26. The number of nitrogens with zero attached hydrogens (tertiary/aromatic N) is 4. The molecule has 0 aliphatic carbocycles. The summed E-state index contributed by atoms with van der Waals surface area (Å²) in [5.74, 6) is 2.38. The molecule has 1 aliphatic rings. The number of pyridine rings is 1. The van der Waals surface area contributed by atoms with Crippen LogP contribution in [0.25, 0.3) is 44.4 Å². The Labute approximate surface area is 419 Å². The van der Waals surface area contributed by atoms with Crippen LogP contribution < -0.4 is 14.5 Å². The number of hydrogen-bond donors (Lipinski definition) is 0. The van der Waals surface area contributed by atoms with Gasteiger partial charge < -0.3 is 14.5 Å². The molecule has 8 aromatic carbocycles. The fourth-order valence-electron chi connectivity index (χ4n) is 10.2. The number of aromatic nitrogens is 2. The molecule has 0 amide bonds. The first-order valence-corrected chi connectivity index (χ1v) is 24.8. The van der Waals surface area contributed by atoms with Crippen LogP contribution in [0.15, 0.2) is 225 Å². The molecule has 71 heavy (non-hydrogen) atoms. The number of benzene rings is 8. The minimum absolute atomic E-state index is 0.0499. The molecule has 0 fully saturated rings. The lowest BCUT2D eigenvalue weighted by molar-refractivity contribution is 0.480. The van der Waals surface area contributed by atoms with Crippen LogP contribution in [0.1, 0.15) is 81.8 Å². The monoisotopic (exact) mass is 924 g/mol. The van der Waals surface area contributed by atoms with Gasteiger partial charge in [-0.3, -0.25) is 4.57 Å². The molecule has 3 heterocycles. The van der Waals surface area contributed by atoms with E-state index in [0.717, 1.165) is 61.9 Å². The van der Waals surface area contributed by atoms with Gasteiger partial charge in [0.25, 0.3) is 0 Å². The van der Waals surface area contributed by atoms with Crippen LogP contribution in [0.2, 0.25) is 0 Å². The van der Waals surface area contributed by atoms with Gasteiger partial charge >= 0.3 is 0 Å². The van der Waals surface area contributed by atoms with Crippen molar-refractivity contribution in [2.24, 2.45) is 0 Å². The molecule has 10 aromatic rings. The Morgan fingerprint density at radius 2 is 1.01 bits per heavy atom. The second-order valence-electron chi connectivity index (χ2n) is 21.0. The molecule has 11 rings (SSSR count). The summed E-state index contributed by atoms with van der Waals surface area (Å²) < 4.78 is 9.45. The highest BCUT2D eigenvalue weighted by Gasteiger charge is 2.31. The Morgan fingerprint density at radius 3 is 1.69 bits per heavy atom. The van der Waals surface area contributed by atoms with E-state index in [1.807, 2.05) is 6.20 Å². The third-order valence-electron chi connectivity index (χ3n) is 14.6. The van der Waals surface area contributed by atoms with E-state index in [-0.39, 0.29) is 16.2 Å². The highest BCUT2D eigenvalue weighted by Crippen LogP contribution is 2.44. The number of para-hydroxylation sites is 1. The Morgan fingerprint density at radius 1 is 0.423 bits per heavy atom. The number of ether oxygens (including phenoxy) is 1. The average Bonchev–Trinajstić information content (AvgIpc) is 4.00. The molecule has 0 unspecified atom stereocenters. The second-order valence-corrected chi connectivity index (χ2v) is 21.0. The van der Waals surface area contributed by atoms with Crippen LogP contribution in [-0.4, -0.2) is 16.2 Å². The predicted molar refractivity (Wildman–Crippen MR) is 297 cm³/mol. The molecule has 5 nitrogen and oxygen atoms in total. The molecular formula is C66H60N4O. The fraction of sp³-hybridized carbons (Fsp3) is 0.167. The third kappa shape index (κ3) is 8.67. The first-order chi connectivity index (χ1) is 34.3. The van der Waals surface area contributed by atoms with Gasteiger partial charge in [-0.1, -0.05) is 194 Å². The number of hydrogen-bond acceptors (Lipinski definition) is 4. The van der Waals surface area contributed by atoms with Crippen molar-refractivity contribution in [2.75, 3.05) is 16.5 Å². The van der Waals surface area contributed by atoms with E-state index >= 15 is 0 Å². The van der Waals surface area contributed by atoms with Crippen LogP contribution in [0, 0.1) is 0 Å². The van der Waals surface area contributed by atoms with Gasteiger partial charge in [0.15, 0.2) is 0 Å². The zero-order valence-corrected chi connectivity index (χ0v) is 41.8. The summed E-state index contributed by atoms with van der Waals surface area (Å²) in [5, 5.41) is 2.31. The Hall–Kier alpha value is -8.15. The highest BCUT2D eigenvalue weighted by atomic mass is 16.5. The van der Waals surface area contributed by atoms with Crippen LogP contribution in [-0.2, 0) is 16.2 Å². The van der Waals surface area contributed by atoms with E-state index in [0.29, 0.717) is 6.67 Å². The predicted octanol–water partition coefficient (Wildman–Crippen LogP) is 16.9. The molecular weight excluding hydrogens is 865 g/mol. The van der Waals surface area contributed by atoms with Crippen molar-refractivity contribution in [3.05, 3.63) is 258 Å². The minimum atomic E-state index is -0.350. The first-order valence-electron chi connectivity index (χ1n) is 24.8. The highest BCUT2D eigenvalue weighted by molar-refractivity contribution is 6.09. The van der Waals surface area contributed by atoms with Crippen molar-refractivity contribution >= 4 is 38.9 Å². The normalized spacial score (nSPS) is 13.3. The van der Waals surface area contributed by atoms with Crippen molar-refractivity contribution in [1.82, 2.24) is 9.55 Å². The van der Waals surface area contributed by atoms with E-state index in [2.05, 4.69) is 281 Å². The van der Waals surface area contributed by atoms with E-state index in [1.165, 1.54) is 38.8 Å². The minimum Gasteiger partial charge on any atom is -0.457 e. The SMILES string of the molecule is CC(C)(C)c1cc(-c2ccccc2)cc(N2C=C(c3ccccc3)N(c3cc(Oc4ccc5c6ccccc6n(-c6cc(C(C)(C)c7ccccc7)ccn6)c5c4)cc(C(C)(C)c4ccccc4)c3)C2)c1. The zero-order valence-electron chi connectivity index (χ0n) is 41.8. The molecule has 0 bridgehead atoms. The van der Waals surface area contributed by atoms with Gasteiger partial charge in [-0.05, 0) is 105 Å². The van der Waals surface area contributed by atoms with Gasteiger partial charge in [-0.15, -0.1) is 0 Å². The standard InChI is InChI=1S/C66H60N4O/c1-64(2,3)52-36-48(46-22-12-8-13-23-46)37-54(38-52)68-44-62(47-24-14-9-15-25-47)69(45-68)55-39-53(66(6,7)50-28-18-11-19-29-50)40-57(42-55)71-56-32-33-59-58-30-20-21-31-60(58)70(61(59)43-56)63-41-51(34-35-67-63)65(4,5)49-26-16-10-17-27-49/h8-44H,45H2,1-7H3. The third-order valence-corrected chi connectivity index (χ3v) is 14.6. The number of anilines is 2. The topological polar surface area (TPSA) is 33.5 Å². The van der Waals surface area contributed by atoms with E-state index in [9.17, 15) is 0 Å². The molecule has 1 aliphatic heterocycles. The first kappa shape index (κ1) is 45.3. The number of rotatable bonds is 11. The van der Waals surface area contributed by atoms with E-state index in [1.54, 1.807) is 0 Å². The summed E-state index contributed by atoms with van der Waals surface area (Å²) >= 11 is 0. The Kier molecular flexibility index (Phi) is 11.5. The summed E-state index contributed by atoms with van der Waals surface area (Å²) in [6.45, 7) is 16.7. The second kappa shape index (κ2) is 18.0. The largest absolute Gasteiger partial charge is 0.457 e. The Balaban J connectivity index is 1.03. The van der Waals surface area contributed by atoms with Gasteiger partial charge in [-0.2, -0.15) is 0 Å². The van der Waals surface area contributed by atoms with Crippen molar-refractivity contribution in [1.29, 1.82) is 0 Å². The maximum absolute atomic E-state index is 7.16. The van der Waals surface area contributed by atoms with E-state index < -0.39 is 0 Å². The molecule has 0 atom stereocenters. The van der Waals surface area contributed by atoms with E-state index in [4.69, 9.17) is 9.72 Å². The van der Waals surface area contributed by atoms with Crippen LogP contribution in [0.5, 0.6) is 11.5 Å². The average molecular weight is 925 g/mol. The molecule has 0 saturated heterocycles. The van der Waals surface area contributed by atoms with Gasteiger partial charge in [-0.25, -0.2) is 4.98 Å². The molecule has 0 radical (unpaired) electrons. The maximum Gasteiger partial charge on any atom is 0.137 e. The lowest BCUT2D eigenvalue weighted by Gasteiger charge is -2.30. The summed E-state index contributed by atoms with van der Waals surface area (Å²) in [5.41, 5.74) is 14.5. The van der Waals surface area contributed by atoms with Gasteiger partial charge in [0.2, 0.25) is 0 Å². The number of fused-ring (bicyclic) bond motifs is 3. The van der Waals surface area contributed by atoms with Gasteiger partial charge in [0, 0.05) is 57.5 Å². The van der Waals surface area contributed by atoms with Crippen molar-refractivity contribution in [3.8, 4) is 28.4 Å². The summed E-state index contributed by atoms with van der Waals surface area (Å²) in [7, 11) is 0. The van der Waals surface area contributed by atoms with Crippen LogP contribution in [0.4, 0.5) is 11.4 Å². The molecule has 0 spiro atoms. The molecule has 2 aromatic heterocycles. The van der Waals surface area contributed by atoms with Gasteiger partial charge in [0.1, 0.15) is 17.3 Å². The van der Waals surface area contributed by atoms with Crippen molar-refractivity contribution < 1.29 is 4.74 Å². The molecule has 0 N–H and O–H groups in total. The lowest BCUT2D eigenvalue weighted by atomic mass is 9.78. The molecule has 350 valence electrons. The van der Waals surface area contributed by atoms with Gasteiger partial charge in [0.05, 0.1) is 23.4 Å². The maximum atomic E-state index is 7.16. The van der Waals surface area contributed by atoms with Crippen LogP contribution >= 0.6 is 0 Å². The van der Waals surface area contributed by atoms with Crippen LogP contribution in [0.3, 0.4) is 0 Å². The lowest BCUT2D eigenvalue weighted by Crippen LogP contribution is -2.27. The smallest absolute Gasteiger partial charge is 0.137 e. The van der Waals surface area contributed by atoms with Crippen molar-refractivity contribution in [3.63, 3.8) is 0 Å². The molecule has 0 saturated carbocycles. The fourth-order valence-corrected chi connectivity index (χ4v) is 10.2. The molecule has 5 heteroatoms. The quantitative estimate of drug-likeness (QED) is 0.129. The zero-order chi connectivity index (χ0) is 48.9. The Bertz CT molecular complexity index is 3570. The van der Waals surface area contributed by atoms with Crippen molar-refractivity contribution in [2.45, 2.75) is 64.7 Å². The summed E-state index contributed by atoms with van der Waals surface area (Å²) in [4.78, 5) is 9.87.